The third-order valence-corrected chi connectivity index (χ3v) is 4.29. The van der Waals surface area contributed by atoms with Gasteiger partial charge in [-0.2, -0.15) is 0 Å². The zero-order valence-corrected chi connectivity index (χ0v) is 14.5. The summed E-state index contributed by atoms with van der Waals surface area (Å²) in [6.45, 7) is 15.2. The van der Waals surface area contributed by atoms with Crippen molar-refractivity contribution in [3.63, 3.8) is 0 Å². The Kier molecular flexibility index (Phi) is 8.79. The molecule has 1 heterocycles. The fourth-order valence-corrected chi connectivity index (χ4v) is 2.75. The molecule has 0 aromatic carbocycles. The molecule has 2 unspecified atom stereocenters. The minimum absolute atomic E-state index is 0.504. The highest BCUT2D eigenvalue weighted by Crippen LogP contribution is 2.22. The van der Waals surface area contributed by atoms with Crippen LogP contribution in [0.2, 0.25) is 0 Å². The average Bonchev–Trinajstić information content (AvgIpc) is 3.05. The third-order valence-electron chi connectivity index (χ3n) is 4.29. The van der Waals surface area contributed by atoms with Crippen LogP contribution in [0.25, 0.3) is 0 Å². The van der Waals surface area contributed by atoms with E-state index in [-0.39, 0.29) is 0 Å². The van der Waals surface area contributed by atoms with E-state index in [0.29, 0.717) is 12.2 Å². The summed E-state index contributed by atoms with van der Waals surface area (Å²) >= 11 is 0. The van der Waals surface area contributed by atoms with Crippen LogP contribution in [0.5, 0.6) is 0 Å². The van der Waals surface area contributed by atoms with Gasteiger partial charge in [-0.15, -0.1) is 0 Å². The maximum absolute atomic E-state index is 5.59. The van der Waals surface area contributed by atoms with E-state index in [4.69, 9.17) is 4.74 Å². The van der Waals surface area contributed by atoms with E-state index in [9.17, 15) is 0 Å². The highest BCUT2D eigenvalue weighted by Gasteiger charge is 2.35. The molecular formula is C18H37NO. The van der Waals surface area contributed by atoms with Crippen LogP contribution < -0.4 is 0 Å². The first-order valence-corrected chi connectivity index (χ1v) is 8.86. The Morgan fingerprint density at radius 2 is 1.30 bits per heavy atom. The van der Waals surface area contributed by atoms with Gasteiger partial charge in [0.05, 0.1) is 12.2 Å². The lowest BCUT2D eigenvalue weighted by Crippen LogP contribution is -2.30. The lowest BCUT2D eigenvalue weighted by Gasteiger charge is -2.22. The van der Waals surface area contributed by atoms with Gasteiger partial charge < -0.3 is 9.64 Å². The van der Waals surface area contributed by atoms with E-state index in [1.807, 2.05) is 0 Å². The summed E-state index contributed by atoms with van der Waals surface area (Å²) in [6.07, 6.45) is 9.22. The maximum atomic E-state index is 5.59. The number of epoxide rings is 1. The summed E-state index contributed by atoms with van der Waals surface area (Å²) in [5, 5.41) is 0. The van der Waals surface area contributed by atoms with Crippen molar-refractivity contribution in [2.24, 2.45) is 11.8 Å². The largest absolute Gasteiger partial charge is 0.368 e. The molecular weight excluding hydrogens is 246 g/mol. The molecule has 1 saturated heterocycles. The maximum Gasteiger partial charge on any atom is 0.0965 e. The molecule has 20 heavy (non-hydrogen) atoms. The number of hydrogen-bond acceptors (Lipinski definition) is 2. The molecule has 0 saturated carbocycles. The van der Waals surface area contributed by atoms with Gasteiger partial charge in [0.15, 0.2) is 0 Å². The molecule has 0 radical (unpaired) electrons. The molecule has 1 aliphatic heterocycles. The summed E-state index contributed by atoms with van der Waals surface area (Å²) in [6, 6.07) is 0. The summed E-state index contributed by atoms with van der Waals surface area (Å²) < 4.78 is 5.59. The van der Waals surface area contributed by atoms with Gasteiger partial charge in [0.1, 0.15) is 0 Å². The molecule has 1 rings (SSSR count). The third kappa shape index (κ3) is 8.97. The van der Waals surface area contributed by atoms with Crippen LogP contribution in [-0.4, -0.2) is 36.7 Å². The quantitative estimate of drug-likeness (QED) is 0.380. The molecule has 0 spiro atoms. The van der Waals surface area contributed by atoms with Crippen molar-refractivity contribution >= 4 is 0 Å². The average molecular weight is 284 g/mol. The van der Waals surface area contributed by atoms with Crippen LogP contribution in [0, 0.1) is 11.8 Å². The second kappa shape index (κ2) is 9.78. The first kappa shape index (κ1) is 18.0. The van der Waals surface area contributed by atoms with Gasteiger partial charge in [0.2, 0.25) is 0 Å². The summed E-state index contributed by atoms with van der Waals surface area (Å²) in [4.78, 5) is 2.65. The molecule has 0 bridgehead atoms. The molecule has 0 aromatic rings. The van der Waals surface area contributed by atoms with Gasteiger partial charge in [0.25, 0.3) is 0 Å². The van der Waals surface area contributed by atoms with Crippen molar-refractivity contribution in [1.29, 1.82) is 0 Å². The number of nitrogens with zero attached hydrogens (tertiary/aromatic N) is 1. The SMILES string of the molecule is CC(C)CCCCN(CCCCC(C)C)CC1OC1C. The lowest BCUT2D eigenvalue weighted by molar-refractivity contribution is 0.230. The van der Waals surface area contributed by atoms with Gasteiger partial charge in [-0.05, 0) is 44.7 Å². The van der Waals surface area contributed by atoms with E-state index in [1.165, 1.54) is 51.6 Å². The Bertz CT molecular complexity index is 224. The van der Waals surface area contributed by atoms with E-state index in [0.717, 1.165) is 18.4 Å². The first-order valence-electron chi connectivity index (χ1n) is 8.86. The van der Waals surface area contributed by atoms with Crippen molar-refractivity contribution in [2.75, 3.05) is 19.6 Å². The molecule has 1 aliphatic rings. The molecule has 2 atom stereocenters. The predicted molar refractivity (Wildman–Crippen MR) is 88.2 cm³/mol. The molecule has 0 aliphatic carbocycles. The molecule has 1 fully saturated rings. The van der Waals surface area contributed by atoms with Crippen LogP contribution in [0.15, 0.2) is 0 Å². The number of hydrogen-bond donors (Lipinski definition) is 0. The Labute approximate surface area is 127 Å². The standard InChI is InChI=1S/C18H37NO/c1-15(2)10-6-8-12-19(14-18-17(5)20-18)13-9-7-11-16(3)4/h15-18H,6-14H2,1-5H3. The second-order valence-corrected chi connectivity index (χ2v) is 7.46. The molecule has 0 amide bonds. The first-order chi connectivity index (χ1) is 9.49. The number of rotatable bonds is 12. The number of ether oxygens (including phenoxy) is 1. The van der Waals surface area contributed by atoms with E-state index in [2.05, 4.69) is 39.5 Å². The molecule has 0 N–H and O–H groups in total. The highest BCUT2D eigenvalue weighted by atomic mass is 16.6. The smallest absolute Gasteiger partial charge is 0.0965 e. The van der Waals surface area contributed by atoms with Crippen molar-refractivity contribution in [3.05, 3.63) is 0 Å². The topological polar surface area (TPSA) is 15.8 Å². The summed E-state index contributed by atoms with van der Waals surface area (Å²) in [7, 11) is 0. The van der Waals surface area contributed by atoms with Crippen molar-refractivity contribution in [1.82, 2.24) is 4.90 Å². The number of unbranched alkanes of at least 4 members (excludes halogenated alkanes) is 2. The fourth-order valence-electron chi connectivity index (χ4n) is 2.75. The molecule has 2 heteroatoms. The van der Waals surface area contributed by atoms with Crippen molar-refractivity contribution < 1.29 is 4.74 Å². The zero-order valence-electron chi connectivity index (χ0n) is 14.5. The highest BCUT2D eigenvalue weighted by molar-refractivity contribution is 4.83. The fraction of sp³-hybridized carbons (Fsp3) is 1.00. The Hall–Kier alpha value is -0.0800. The normalized spacial score (nSPS) is 22.2. The predicted octanol–water partition coefficient (Wildman–Crippen LogP) is 4.73. The molecule has 2 nitrogen and oxygen atoms in total. The van der Waals surface area contributed by atoms with Crippen LogP contribution in [-0.2, 0) is 4.74 Å². The Morgan fingerprint density at radius 1 is 0.850 bits per heavy atom. The minimum atomic E-state index is 0.504. The Balaban J connectivity index is 2.14. The van der Waals surface area contributed by atoms with E-state index < -0.39 is 0 Å². The summed E-state index contributed by atoms with van der Waals surface area (Å²) in [5.41, 5.74) is 0. The van der Waals surface area contributed by atoms with Crippen LogP contribution in [0.4, 0.5) is 0 Å². The van der Waals surface area contributed by atoms with Crippen molar-refractivity contribution in [2.45, 2.75) is 85.4 Å². The van der Waals surface area contributed by atoms with Gasteiger partial charge >= 0.3 is 0 Å². The van der Waals surface area contributed by atoms with Crippen LogP contribution in [0.1, 0.15) is 73.1 Å². The van der Waals surface area contributed by atoms with Crippen molar-refractivity contribution in [3.8, 4) is 0 Å². The Morgan fingerprint density at radius 3 is 1.65 bits per heavy atom. The van der Waals surface area contributed by atoms with Crippen LogP contribution >= 0.6 is 0 Å². The van der Waals surface area contributed by atoms with E-state index >= 15 is 0 Å². The monoisotopic (exact) mass is 283 g/mol. The molecule has 120 valence electrons. The van der Waals surface area contributed by atoms with Gasteiger partial charge in [-0.1, -0.05) is 53.4 Å². The van der Waals surface area contributed by atoms with Gasteiger partial charge in [-0.3, -0.25) is 0 Å². The zero-order chi connectivity index (χ0) is 15.0. The van der Waals surface area contributed by atoms with Gasteiger partial charge in [-0.25, -0.2) is 0 Å². The second-order valence-electron chi connectivity index (χ2n) is 7.46. The lowest BCUT2D eigenvalue weighted by atomic mass is 10.1. The molecule has 0 aromatic heterocycles. The minimum Gasteiger partial charge on any atom is -0.368 e. The van der Waals surface area contributed by atoms with Crippen LogP contribution in [0.3, 0.4) is 0 Å². The van der Waals surface area contributed by atoms with E-state index in [1.54, 1.807) is 0 Å². The van der Waals surface area contributed by atoms with Gasteiger partial charge in [0, 0.05) is 6.54 Å². The summed E-state index contributed by atoms with van der Waals surface area (Å²) in [5.74, 6) is 1.70.